The molecule has 0 bridgehead atoms. The Morgan fingerprint density at radius 1 is 0.316 bits per heavy atom. The molecular weight excluding hydrogens is 691 g/mol. The monoisotopic (exact) mass is 729 g/mol. The van der Waals surface area contributed by atoms with Gasteiger partial charge in [-0.15, -0.1) is 0 Å². The normalized spacial score (nSPS) is 11.2. The van der Waals surface area contributed by atoms with Gasteiger partial charge in [0.05, 0.1) is 16.7 Å². The van der Waals surface area contributed by atoms with Crippen molar-refractivity contribution in [1.82, 2.24) is 4.57 Å². The largest absolute Gasteiger partial charge is 0.398 e. The number of nitrogen functional groups attached to an aromatic ring is 1. The van der Waals surface area contributed by atoms with Crippen molar-refractivity contribution in [2.75, 3.05) is 10.6 Å². The highest BCUT2D eigenvalue weighted by molar-refractivity contribution is 6.10. The van der Waals surface area contributed by atoms with E-state index < -0.39 is 0 Å². The lowest BCUT2D eigenvalue weighted by molar-refractivity contribution is 1.18. The molecule has 9 aromatic carbocycles. The van der Waals surface area contributed by atoms with E-state index in [1.807, 2.05) is 12.1 Å². The molecule has 0 saturated carbocycles. The number of hydrogen-bond acceptors (Lipinski definition) is 2. The molecule has 1 heterocycles. The first-order chi connectivity index (χ1) is 28.2. The van der Waals surface area contributed by atoms with Crippen molar-refractivity contribution < 1.29 is 0 Å². The zero-order chi connectivity index (χ0) is 38.1. The summed E-state index contributed by atoms with van der Waals surface area (Å²) in [6.45, 7) is 0. The third kappa shape index (κ3) is 6.22. The molecule has 0 saturated heterocycles. The molecule has 0 atom stereocenters. The Labute approximate surface area is 333 Å². The van der Waals surface area contributed by atoms with Crippen LogP contribution in [0.15, 0.2) is 224 Å². The van der Waals surface area contributed by atoms with Crippen molar-refractivity contribution in [3.8, 4) is 50.2 Å². The summed E-state index contributed by atoms with van der Waals surface area (Å²) in [6.07, 6.45) is 0. The molecule has 0 aliphatic heterocycles. The van der Waals surface area contributed by atoms with Crippen molar-refractivity contribution in [3.63, 3.8) is 0 Å². The summed E-state index contributed by atoms with van der Waals surface area (Å²) in [5, 5.41) is 2.50. The van der Waals surface area contributed by atoms with Crippen LogP contribution in [0.5, 0.6) is 0 Å². The van der Waals surface area contributed by atoms with Crippen molar-refractivity contribution >= 4 is 44.6 Å². The molecule has 3 heteroatoms. The maximum atomic E-state index is 6.46. The highest BCUT2D eigenvalue weighted by Gasteiger charge is 2.20. The van der Waals surface area contributed by atoms with Crippen LogP contribution < -0.4 is 10.6 Å². The number of anilines is 4. The predicted octanol–water partition coefficient (Wildman–Crippen LogP) is 14.5. The number of aromatic nitrogens is 1. The van der Waals surface area contributed by atoms with Crippen molar-refractivity contribution in [2.24, 2.45) is 0 Å². The van der Waals surface area contributed by atoms with E-state index in [1.165, 1.54) is 32.9 Å². The smallest absolute Gasteiger partial charge is 0.0541 e. The average Bonchev–Trinajstić information content (AvgIpc) is 3.62. The Balaban J connectivity index is 1.11. The van der Waals surface area contributed by atoms with Crippen LogP contribution in [-0.4, -0.2) is 4.57 Å². The van der Waals surface area contributed by atoms with Crippen molar-refractivity contribution in [2.45, 2.75) is 0 Å². The van der Waals surface area contributed by atoms with Crippen LogP contribution >= 0.6 is 0 Å². The molecule has 0 fully saturated rings. The molecule has 3 nitrogen and oxygen atoms in total. The first kappa shape index (κ1) is 33.9. The number of para-hydroxylation sites is 4. The van der Waals surface area contributed by atoms with E-state index in [0.29, 0.717) is 0 Å². The van der Waals surface area contributed by atoms with Gasteiger partial charge in [-0.1, -0.05) is 158 Å². The Bertz CT molecular complexity index is 2950. The minimum absolute atomic E-state index is 0.771. The second-order valence-electron chi connectivity index (χ2n) is 14.4. The third-order valence-electron chi connectivity index (χ3n) is 11.0. The zero-order valence-electron chi connectivity index (χ0n) is 31.3. The summed E-state index contributed by atoms with van der Waals surface area (Å²) in [6, 6.07) is 80.0. The molecule has 270 valence electrons. The molecule has 0 radical (unpaired) electrons. The maximum Gasteiger partial charge on any atom is 0.0541 e. The number of rotatable bonds is 8. The molecule has 2 N–H and O–H groups in total. The van der Waals surface area contributed by atoms with Gasteiger partial charge in [0.15, 0.2) is 0 Å². The van der Waals surface area contributed by atoms with Crippen LogP contribution in [0, 0.1) is 0 Å². The van der Waals surface area contributed by atoms with E-state index in [9.17, 15) is 0 Å². The molecule has 0 aliphatic carbocycles. The molecule has 0 spiro atoms. The lowest BCUT2D eigenvalue weighted by atomic mass is 9.92. The van der Waals surface area contributed by atoms with Crippen LogP contribution in [0.3, 0.4) is 0 Å². The van der Waals surface area contributed by atoms with Gasteiger partial charge in [0.25, 0.3) is 0 Å². The molecule has 0 amide bonds. The minimum Gasteiger partial charge on any atom is -0.398 e. The topological polar surface area (TPSA) is 34.2 Å². The molecule has 1 aromatic heterocycles. The number of nitrogens with zero attached hydrogens (tertiary/aromatic N) is 2. The Morgan fingerprint density at radius 3 is 1.49 bits per heavy atom. The number of benzene rings is 9. The summed E-state index contributed by atoms with van der Waals surface area (Å²) >= 11 is 0. The number of fused-ring (bicyclic) bond motifs is 3. The fraction of sp³-hybridized carbons (Fsp3) is 0. The molecule has 0 aliphatic rings. The number of nitrogens with two attached hydrogens (primary N) is 1. The van der Waals surface area contributed by atoms with Gasteiger partial charge < -0.3 is 15.2 Å². The lowest BCUT2D eigenvalue weighted by Crippen LogP contribution is -2.10. The van der Waals surface area contributed by atoms with E-state index in [1.54, 1.807) is 0 Å². The Hall–Kier alpha value is -7.62. The van der Waals surface area contributed by atoms with Gasteiger partial charge in [-0.2, -0.15) is 0 Å². The second kappa shape index (κ2) is 14.6. The summed E-state index contributed by atoms with van der Waals surface area (Å²) in [5.41, 5.74) is 23.1. The molecule has 57 heavy (non-hydrogen) atoms. The average molecular weight is 730 g/mol. The lowest BCUT2D eigenvalue weighted by Gasteiger charge is -2.27. The minimum atomic E-state index is 0.771. The van der Waals surface area contributed by atoms with Gasteiger partial charge in [-0.05, 0) is 100 Å². The van der Waals surface area contributed by atoms with Crippen LogP contribution in [-0.2, 0) is 0 Å². The van der Waals surface area contributed by atoms with Crippen LogP contribution in [0.1, 0.15) is 0 Å². The zero-order valence-corrected chi connectivity index (χ0v) is 31.3. The van der Waals surface area contributed by atoms with Gasteiger partial charge in [-0.25, -0.2) is 0 Å². The first-order valence-electron chi connectivity index (χ1n) is 19.4. The van der Waals surface area contributed by atoms with E-state index in [2.05, 4.69) is 222 Å². The number of hydrogen-bond donors (Lipinski definition) is 1. The van der Waals surface area contributed by atoms with E-state index >= 15 is 0 Å². The van der Waals surface area contributed by atoms with E-state index in [-0.39, 0.29) is 0 Å². The third-order valence-corrected chi connectivity index (χ3v) is 11.0. The van der Waals surface area contributed by atoms with E-state index in [0.717, 1.165) is 61.8 Å². The maximum absolute atomic E-state index is 6.46. The van der Waals surface area contributed by atoms with Crippen molar-refractivity contribution in [1.29, 1.82) is 0 Å². The fourth-order valence-corrected chi connectivity index (χ4v) is 8.27. The van der Waals surface area contributed by atoms with Gasteiger partial charge in [0, 0.05) is 44.6 Å². The molecule has 10 rings (SSSR count). The predicted molar refractivity (Wildman–Crippen MR) is 242 cm³/mol. The van der Waals surface area contributed by atoms with Gasteiger partial charge in [0.1, 0.15) is 0 Å². The second-order valence-corrected chi connectivity index (χ2v) is 14.4. The SMILES string of the molecule is Nc1ccc(-c2ccc(N(c3ccccc3)c3ccc(-c4ccccc4-n4c5ccccc5c5ccccc54)c(-c4ccccc4)c3)cc2)cc1-c1ccccc1. The highest BCUT2D eigenvalue weighted by atomic mass is 15.1. The van der Waals surface area contributed by atoms with Gasteiger partial charge in [0.2, 0.25) is 0 Å². The summed E-state index contributed by atoms with van der Waals surface area (Å²) in [4.78, 5) is 2.34. The Kier molecular flexibility index (Phi) is 8.66. The molecule has 10 aromatic rings. The van der Waals surface area contributed by atoms with E-state index in [4.69, 9.17) is 5.73 Å². The standard InChI is InChI=1S/C54H39N3/c55-51-35-30-41(36-50(51)40-18-6-2-7-19-40)38-28-31-43(32-29-38)56(42-20-8-3-9-21-42)44-33-34-45(49(37-44)39-16-4-1-5-17-39)46-22-10-13-25-52(46)57-53-26-14-11-23-47(53)48-24-12-15-27-54(48)57/h1-37H,55H2. The highest BCUT2D eigenvalue weighted by Crippen LogP contribution is 2.44. The van der Waals surface area contributed by atoms with Crippen LogP contribution in [0.2, 0.25) is 0 Å². The molecule has 0 unspecified atom stereocenters. The summed E-state index contributed by atoms with van der Waals surface area (Å²) in [5.74, 6) is 0. The summed E-state index contributed by atoms with van der Waals surface area (Å²) in [7, 11) is 0. The first-order valence-corrected chi connectivity index (χ1v) is 19.4. The van der Waals surface area contributed by atoms with Crippen LogP contribution in [0.25, 0.3) is 72.0 Å². The molecular formula is C54H39N3. The van der Waals surface area contributed by atoms with Crippen LogP contribution in [0.4, 0.5) is 22.7 Å². The van der Waals surface area contributed by atoms with Gasteiger partial charge in [-0.3, -0.25) is 0 Å². The summed E-state index contributed by atoms with van der Waals surface area (Å²) < 4.78 is 2.42. The quantitative estimate of drug-likeness (QED) is 0.158. The Morgan fingerprint density at radius 2 is 0.825 bits per heavy atom. The van der Waals surface area contributed by atoms with Crippen molar-refractivity contribution in [3.05, 3.63) is 224 Å². The fourth-order valence-electron chi connectivity index (χ4n) is 8.27. The van der Waals surface area contributed by atoms with Gasteiger partial charge >= 0.3 is 0 Å².